The predicted octanol–water partition coefficient (Wildman–Crippen LogP) is 3.44. The second kappa shape index (κ2) is 8.85. The topological polar surface area (TPSA) is 86.8 Å². The number of aromatic nitrogens is 1. The lowest BCUT2D eigenvalue weighted by Crippen LogP contribution is -2.20. The van der Waals surface area contributed by atoms with Crippen molar-refractivity contribution in [1.29, 1.82) is 0 Å². The standard InChI is InChI=1S/C21H20N2O5/c1-3-27-15-10-8-14(9-11-15)22-20(24)13-28-19-12-18(21(25)26-2)23-17-7-5-4-6-16(17)19/h4-12H,3,13H2,1-2H3,(H,22,24). The Morgan fingerprint density at radius 2 is 1.79 bits per heavy atom. The van der Waals surface area contributed by atoms with Crippen LogP contribution in [0.25, 0.3) is 10.9 Å². The van der Waals surface area contributed by atoms with Crippen LogP contribution in [0.5, 0.6) is 11.5 Å². The molecule has 1 amide bonds. The maximum Gasteiger partial charge on any atom is 0.356 e. The van der Waals surface area contributed by atoms with E-state index in [4.69, 9.17) is 14.2 Å². The molecular weight excluding hydrogens is 360 g/mol. The number of carbonyl (C=O) groups is 2. The summed E-state index contributed by atoms with van der Waals surface area (Å²) < 4.78 is 15.8. The highest BCUT2D eigenvalue weighted by atomic mass is 16.5. The van der Waals surface area contributed by atoms with Gasteiger partial charge in [-0.25, -0.2) is 9.78 Å². The lowest BCUT2D eigenvalue weighted by atomic mass is 10.2. The van der Waals surface area contributed by atoms with Gasteiger partial charge >= 0.3 is 5.97 Å². The SMILES string of the molecule is CCOc1ccc(NC(=O)COc2cc(C(=O)OC)nc3ccccc23)cc1. The molecule has 0 saturated heterocycles. The number of rotatable bonds is 7. The van der Waals surface area contributed by atoms with E-state index >= 15 is 0 Å². The van der Waals surface area contributed by atoms with E-state index in [0.29, 0.717) is 28.9 Å². The van der Waals surface area contributed by atoms with Gasteiger partial charge in [-0.05, 0) is 43.3 Å². The molecule has 2 aromatic carbocycles. The number of hydrogen-bond donors (Lipinski definition) is 1. The zero-order valence-corrected chi connectivity index (χ0v) is 15.6. The Bertz CT molecular complexity index is 986. The Morgan fingerprint density at radius 3 is 2.50 bits per heavy atom. The van der Waals surface area contributed by atoms with Crippen molar-refractivity contribution in [1.82, 2.24) is 4.98 Å². The molecule has 0 radical (unpaired) electrons. The minimum Gasteiger partial charge on any atom is -0.494 e. The molecule has 1 heterocycles. The Kier molecular flexibility index (Phi) is 6.06. The van der Waals surface area contributed by atoms with E-state index in [0.717, 1.165) is 5.75 Å². The summed E-state index contributed by atoms with van der Waals surface area (Å²) in [5.74, 6) is 0.210. The smallest absolute Gasteiger partial charge is 0.356 e. The largest absolute Gasteiger partial charge is 0.494 e. The van der Waals surface area contributed by atoms with Crippen LogP contribution in [-0.2, 0) is 9.53 Å². The molecule has 3 rings (SSSR count). The van der Waals surface area contributed by atoms with Crippen LogP contribution in [0.2, 0.25) is 0 Å². The van der Waals surface area contributed by atoms with Gasteiger partial charge in [0, 0.05) is 17.1 Å². The third kappa shape index (κ3) is 4.56. The van der Waals surface area contributed by atoms with Crippen LogP contribution in [0, 0.1) is 0 Å². The van der Waals surface area contributed by atoms with Gasteiger partial charge in [-0.1, -0.05) is 12.1 Å². The van der Waals surface area contributed by atoms with Gasteiger partial charge in [0.15, 0.2) is 12.3 Å². The van der Waals surface area contributed by atoms with Gasteiger partial charge in [-0.3, -0.25) is 4.79 Å². The molecule has 0 atom stereocenters. The number of esters is 1. The molecule has 0 saturated carbocycles. The zero-order valence-electron chi connectivity index (χ0n) is 15.6. The van der Waals surface area contributed by atoms with Crippen molar-refractivity contribution in [3.05, 3.63) is 60.3 Å². The van der Waals surface area contributed by atoms with E-state index in [1.807, 2.05) is 19.1 Å². The van der Waals surface area contributed by atoms with Crippen molar-refractivity contribution >= 4 is 28.5 Å². The second-order valence-corrected chi connectivity index (χ2v) is 5.81. The Balaban J connectivity index is 1.71. The van der Waals surface area contributed by atoms with Crippen molar-refractivity contribution in [2.24, 2.45) is 0 Å². The average molecular weight is 380 g/mol. The van der Waals surface area contributed by atoms with Crippen LogP contribution in [0.1, 0.15) is 17.4 Å². The fourth-order valence-corrected chi connectivity index (χ4v) is 2.61. The molecule has 7 heteroatoms. The van der Waals surface area contributed by atoms with E-state index in [1.54, 1.807) is 36.4 Å². The first-order chi connectivity index (χ1) is 13.6. The number of nitrogens with zero attached hydrogens (tertiary/aromatic N) is 1. The predicted molar refractivity (Wildman–Crippen MR) is 105 cm³/mol. The first-order valence-electron chi connectivity index (χ1n) is 8.74. The molecule has 0 fully saturated rings. The summed E-state index contributed by atoms with van der Waals surface area (Å²) in [4.78, 5) is 28.3. The lowest BCUT2D eigenvalue weighted by Gasteiger charge is -2.11. The summed E-state index contributed by atoms with van der Waals surface area (Å²) in [6.07, 6.45) is 0. The summed E-state index contributed by atoms with van der Waals surface area (Å²) in [5.41, 5.74) is 1.32. The number of carbonyl (C=O) groups excluding carboxylic acids is 2. The highest BCUT2D eigenvalue weighted by Crippen LogP contribution is 2.26. The summed E-state index contributed by atoms with van der Waals surface area (Å²) in [6, 6.07) is 15.7. The molecule has 1 N–H and O–H groups in total. The molecule has 28 heavy (non-hydrogen) atoms. The third-order valence-electron chi connectivity index (χ3n) is 3.88. The Hall–Kier alpha value is -3.61. The monoisotopic (exact) mass is 380 g/mol. The Morgan fingerprint density at radius 1 is 1.04 bits per heavy atom. The van der Waals surface area contributed by atoms with E-state index < -0.39 is 5.97 Å². The molecule has 1 aromatic heterocycles. The number of fused-ring (bicyclic) bond motifs is 1. The summed E-state index contributed by atoms with van der Waals surface area (Å²) in [6.45, 7) is 2.26. The number of methoxy groups -OCH3 is 1. The van der Waals surface area contributed by atoms with Crippen LogP contribution >= 0.6 is 0 Å². The van der Waals surface area contributed by atoms with Gasteiger partial charge in [0.25, 0.3) is 5.91 Å². The third-order valence-corrected chi connectivity index (χ3v) is 3.88. The number of nitrogens with one attached hydrogen (secondary N) is 1. The number of amides is 1. The molecule has 0 spiro atoms. The molecule has 0 aliphatic heterocycles. The quantitative estimate of drug-likeness (QED) is 0.632. The number of benzene rings is 2. The average Bonchev–Trinajstić information content (AvgIpc) is 2.72. The summed E-state index contributed by atoms with van der Waals surface area (Å²) >= 11 is 0. The molecular formula is C21H20N2O5. The minimum absolute atomic E-state index is 0.114. The normalized spacial score (nSPS) is 10.4. The van der Waals surface area contributed by atoms with Crippen LogP contribution in [0.15, 0.2) is 54.6 Å². The van der Waals surface area contributed by atoms with Crippen LogP contribution in [0.3, 0.4) is 0 Å². The van der Waals surface area contributed by atoms with Crippen molar-refractivity contribution in [3.8, 4) is 11.5 Å². The first-order valence-corrected chi connectivity index (χ1v) is 8.74. The van der Waals surface area contributed by atoms with Crippen LogP contribution < -0.4 is 14.8 Å². The molecule has 7 nitrogen and oxygen atoms in total. The fourth-order valence-electron chi connectivity index (χ4n) is 2.61. The van der Waals surface area contributed by atoms with Crippen molar-refractivity contribution < 1.29 is 23.8 Å². The van der Waals surface area contributed by atoms with E-state index in [-0.39, 0.29) is 18.2 Å². The van der Waals surface area contributed by atoms with Crippen molar-refractivity contribution in [3.63, 3.8) is 0 Å². The highest BCUT2D eigenvalue weighted by molar-refractivity contribution is 5.95. The van der Waals surface area contributed by atoms with Gasteiger partial charge in [0.1, 0.15) is 11.5 Å². The molecule has 0 aliphatic rings. The van der Waals surface area contributed by atoms with Gasteiger partial charge in [-0.15, -0.1) is 0 Å². The van der Waals surface area contributed by atoms with Gasteiger partial charge in [0.2, 0.25) is 0 Å². The summed E-state index contributed by atoms with van der Waals surface area (Å²) in [5, 5.41) is 3.45. The maximum absolute atomic E-state index is 12.2. The molecule has 144 valence electrons. The summed E-state index contributed by atoms with van der Waals surface area (Å²) in [7, 11) is 1.28. The van der Waals surface area contributed by atoms with Crippen molar-refractivity contribution in [2.75, 3.05) is 25.6 Å². The van der Waals surface area contributed by atoms with E-state index in [2.05, 4.69) is 10.3 Å². The maximum atomic E-state index is 12.2. The van der Waals surface area contributed by atoms with Gasteiger partial charge < -0.3 is 19.5 Å². The number of pyridine rings is 1. The number of hydrogen-bond acceptors (Lipinski definition) is 6. The first kappa shape index (κ1) is 19.2. The molecule has 3 aromatic rings. The number of ether oxygens (including phenoxy) is 3. The van der Waals surface area contributed by atoms with E-state index in [9.17, 15) is 9.59 Å². The van der Waals surface area contributed by atoms with E-state index in [1.165, 1.54) is 13.2 Å². The number of para-hydroxylation sites is 1. The number of anilines is 1. The molecule has 0 bridgehead atoms. The van der Waals surface area contributed by atoms with Gasteiger partial charge in [0.05, 0.1) is 19.2 Å². The second-order valence-electron chi connectivity index (χ2n) is 5.81. The Labute approximate surface area is 162 Å². The lowest BCUT2D eigenvalue weighted by molar-refractivity contribution is -0.118. The van der Waals surface area contributed by atoms with Crippen molar-refractivity contribution in [2.45, 2.75) is 6.92 Å². The van der Waals surface area contributed by atoms with Crippen LogP contribution in [-0.4, -0.2) is 37.2 Å². The molecule has 0 unspecified atom stereocenters. The van der Waals surface area contributed by atoms with Crippen LogP contribution in [0.4, 0.5) is 5.69 Å². The minimum atomic E-state index is -0.575. The highest BCUT2D eigenvalue weighted by Gasteiger charge is 2.14. The fraction of sp³-hybridized carbons (Fsp3) is 0.190. The van der Waals surface area contributed by atoms with Gasteiger partial charge in [-0.2, -0.15) is 0 Å². The zero-order chi connectivity index (χ0) is 19.9. The molecule has 0 aliphatic carbocycles.